The van der Waals surface area contributed by atoms with Gasteiger partial charge in [-0.15, -0.1) is 5.10 Å². The number of pyridine rings is 1. The van der Waals surface area contributed by atoms with Crippen LogP contribution in [0.5, 0.6) is 0 Å². The molecule has 0 aliphatic carbocycles. The van der Waals surface area contributed by atoms with Crippen LogP contribution in [0.15, 0.2) is 48.8 Å². The maximum atomic E-state index is 8.92. The van der Waals surface area contributed by atoms with Gasteiger partial charge < -0.3 is 0 Å². The van der Waals surface area contributed by atoms with Crippen molar-refractivity contribution in [2.45, 2.75) is 6.54 Å². The molecule has 0 saturated carbocycles. The summed E-state index contributed by atoms with van der Waals surface area (Å²) < 4.78 is 1.70. The highest BCUT2D eigenvalue weighted by atomic mass is 15.5. The average Bonchev–Trinajstić information content (AvgIpc) is 2.96. The van der Waals surface area contributed by atoms with Gasteiger partial charge in [0.25, 0.3) is 0 Å². The first-order valence-electron chi connectivity index (χ1n) is 6.02. The second-order valence-electron chi connectivity index (χ2n) is 4.21. The number of aromatic nitrogens is 5. The Hall–Kier alpha value is -3.07. The van der Waals surface area contributed by atoms with Crippen LogP contribution in [-0.2, 0) is 6.54 Å². The van der Waals surface area contributed by atoms with E-state index in [0.29, 0.717) is 17.9 Å². The molecule has 0 bridgehead atoms. The molecule has 1 aromatic carbocycles. The van der Waals surface area contributed by atoms with Gasteiger partial charge in [-0.3, -0.25) is 4.98 Å². The van der Waals surface area contributed by atoms with Crippen LogP contribution in [0.3, 0.4) is 0 Å². The molecule has 0 unspecified atom stereocenters. The normalized spacial score (nSPS) is 10.2. The van der Waals surface area contributed by atoms with Gasteiger partial charge in [0.05, 0.1) is 18.2 Å². The molecule has 96 valence electrons. The summed E-state index contributed by atoms with van der Waals surface area (Å²) in [6.45, 7) is 0.514. The van der Waals surface area contributed by atoms with E-state index in [-0.39, 0.29) is 0 Å². The Kier molecular flexibility index (Phi) is 3.17. The van der Waals surface area contributed by atoms with E-state index in [0.717, 1.165) is 11.1 Å². The summed E-state index contributed by atoms with van der Waals surface area (Å²) in [6, 6.07) is 13.2. The van der Waals surface area contributed by atoms with Crippen molar-refractivity contribution in [2.75, 3.05) is 0 Å². The number of hydrogen-bond acceptors (Lipinski definition) is 5. The Labute approximate surface area is 115 Å². The summed E-state index contributed by atoms with van der Waals surface area (Å²) in [5, 5.41) is 20.7. The van der Waals surface area contributed by atoms with Crippen LogP contribution in [-0.4, -0.2) is 25.2 Å². The number of rotatable bonds is 3. The summed E-state index contributed by atoms with van der Waals surface area (Å²) in [5.41, 5.74) is 2.51. The highest BCUT2D eigenvalue weighted by Crippen LogP contribution is 2.15. The fraction of sp³-hybridized carbons (Fsp3) is 0.0714. The summed E-state index contributed by atoms with van der Waals surface area (Å²) >= 11 is 0. The van der Waals surface area contributed by atoms with E-state index in [2.05, 4.69) is 26.6 Å². The lowest BCUT2D eigenvalue weighted by molar-refractivity contribution is 0.653. The first-order chi connectivity index (χ1) is 9.86. The molecule has 0 radical (unpaired) electrons. The predicted octanol–water partition coefficient (Wildman–Crippen LogP) is 1.66. The summed E-state index contributed by atoms with van der Waals surface area (Å²) in [5.74, 6) is 0.676. The molecule has 0 aliphatic heterocycles. The van der Waals surface area contributed by atoms with Crippen molar-refractivity contribution < 1.29 is 0 Å². The zero-order valence-electron chi connectivity index (χ0n) is 10.5. The molecule has 0 N–H and O–H groups in total. The molecule has 3 aromatic rings. The third kappa shape index (κ3) is 2.37. The van der Waals surface area contributed by atoms with Gasteiger partial charge in [-0.2, -0.15) is 5.26 Å². The average molecular weight is 262 g/mol. The topological polar surface area (TPSA) is 80.3 Å². The predicted molar refractivity (Wildman–Crippen MR) is 71.3 cm³/mol. The van der Waals surface area contributed by atoms with Gasteiger partial charge >= 0.3 is 0 Å². The van der Waals surface area contributed by atoms with Crippen molar-refractivity contribution in [3.63, 3.8) is 0 Å². The van der Waals surface area contributed by atoms with Crippen molar-refractivity contribution >= 4 is 0 Å². The van der Waals surface area contributed by atoms with Crippen molar-refractivity contribution in [2.24, 2.45) is 0 Å². The van der Waals surface area contributed by atoms with Crippen LogP contribution in [0.2, 0.25) is 0 Å². The van der Waals surface area contributed by atoms with Gasteiger partial charge in [0, 0.05) is 18.0 Å². The van der Waals surface area contributed by atoms with E-state index in [4.69, 9.17) is 5.26 Å². The summed E-state index contributed by atoms with van der Waals surface area (Å²) in [4.78, 5) is 3.98. The minimum atomic E-state index is 0.514. The van der Waals surface area contributed by atoms with Gasteiger partial charge in [0.1, 0.15) is 0 Å². The Morgan fingerprint density at radius 1 is 1.15 bits per heavy atom. The van der Waals surface area contributed by atoms with Crippen molar-refractivity contribution in [1.29, 1.82) is 5.26 Å². The monoisotopic (exact) mass is 262 g/mol. The van der Waals surface area contributed by atoms with Gasteiger partial charge in [-0.05, 0) is 40.3 Å². The van der Waals surface area contributed by atoms with Crippen LogP contribution >= 0.6 is 0 Å². The lowest BCUT2D eigenvalue weighted by Gasteiger charge is -2.05. The largest absolute Gasteiger partial charge is 0.265 e. The minimum absolute atomic E-state index is 0.514. The Bertz CT molecular complexity index is 757. The Morgan fingerprint density at radius 2 is 2.00 bits per heavy atom. The molecule has 6 heteroatoms. The molecule has 0 fully saturated rings. The molecule has 0 amide bonds. The molecule has 0 spiro atoms. The van der Waals surface area contributed by atoms with Crippen LogP contribution in [0, 0.1) is 11.3 Å². The molecular weight excluding hydrogens is 252 g/mol. The van der Waals surface area contributed by atoms with Crippen molar-refractivity contribution in [3.05, 3.63) is 59.9 Å². The van der Waals surface area contributed by atoms with Crippen molar-refractivity contribution in [1.82, 2.24) is 25.2 Å². The molecule has 0 atom stereocenters. The third-order valence-electron chi connectivity index (χ3n) is 2.86. The van der Waals surface area contributed by atoms with Gasteiger partial charge in [-0.1, -0.05) is 12.1 Å². The number of hydrogen-bond donors (Lipinski definition) is 0. The first-order valence-corrected chi connectivity index (χ1v) is 6.02. The SMILES string of the molecule is N#Cc1cccc(Cn2nnnc2-c2ccncc2)c1. The fourth-order valence-electron chi connectivity index (χ4n) is 1.93. The smallest absolute Gasteiger partial charge is 0.182 e. The zero-order chi connectivity index (χ0) is 13.8. The van der Waals surface area contributed by atoms with Crippen LogP contribution < -0.4 is 0 Å². The van der Waals surface area contributed by atoms with Crippen LogP contribution in [0.25, 0.3) is 11.4 Å². The molecule has 0 saturated heterocycles. The second-order valence-corrected chi connectivity index (χ2v) is 4.21. The van der Waals surface area contributed by atoms with E-state index in [1.54, 1.807) is 23.1 Å². The van der Waals surface area contributed by atoms with Crippen LogP contribution in [0.4, 0.5) is 0 Å². The lowest BCUT2D eigenvalue weighted by atomic mass is 10.1. The highest BCUT2D eigenvalue weighted by Gasteiger charge is 2.09. The minimum Gasteiger partial charge on any atom is -0.265 e. The summed E-state index contributed by atoms with van der Waals surface area (Å²) in [7, 11) is 0. The quantitative estimate of drug-likeness (QED) is 0.717. The molecule has 2 heterocycles. The second kappa shape index (κ2) is 5.28. The van der Waals surface area contributed by atoms with E-state index in [9.17, 15) is 0 Å². The Morgan fingerprint density at radius 3 is 2.80 bits per heavy atom. The molecule has 6 nitrogen and oxygen atoms in total. The van der Waals surface area contributed by atoms with Crippen molar-refractivity contribution in [3.8, 4) is 17.5 Å². The van der Waals surface area contributed by atoms with Gasteiger partial charge in [0.2, 0.25) is 0 Å². The van der Waals surface area contributed by atoms with E-state index < -0.39 is 0 Å². The van der Waals surface area contributed by atoms with Crippen LogP contribution in [0.1, 0.15) is 11.1 Å². The standard InChI is InChI=1S/C14H10N6/c15-9-11-2-1-3-12(8-11)10-20-14(17-18-19-20)13-4-6-16-7-5-13/h1-8H,10H2. The van der Waals surface area contributed by atoms with E-state index >= 15 is 0 Å². The van der Waals surface area contributed by atoms with E-state index in [1.165, 1.54) is 0 Å². The maximum Gasteiger partial charge on any atom is 0.182 e. The third-order valence-corrected chi connectivity index (χ3v) is 2.86. The molecule has 0 aliphatic rings. The zero-order valence-corrected chi connectivity index (χ0v) is 10.5. The maximum absolute atomic E-state index is 8.92. The first kappa shape index (κ1) is 12.0. The van der Waals surface area contributed by atoms with E-state index in [1.807, 2.05) is 30.3 Å². The number of benzene rings is 1. The Balaban J connectivity index is 1.93. The molecule has 20 heavy (non-hydrogen) atoms. The molecule has 2 aromatic heterocycles. The number of nitrogens with zero attached hydrogens (tertiary/aromatic N) is 6. The number of tetrazole rings is 1. The fourth-order valence-corrected chi connectivity index (χ4v) is 1.93. The number of nitriles is 1. The summed E-state index contributed by atoms with van der Waals surface area (Å²) in [6.07, 6.45) is 3.40. The van der Waals surface area contributed by atoms with Gasteiger partial charge in [0.15, 0.2) is 5.82 Å². The molecule has 3 rings (SSSR count). The highest BCUT2D eigenvalue weighted by molar-refractivity contribution is 5.53. The lowest BCUT2D eigenvalue weighted by Crippen LogP contribution is -2.04. The van der Waals surface area contributed by atoms with Gasteiger partial charge in [-0.25, -0.2) is 4.68 Å². The molecular formula is C14H10N6.